The number of ether oxygens (including phenoxy) is 1. The van der Waals surface area contributed by atoms with Gasteiger partial charge in [-0.2, -0.15) is 15.0 Å². The van der Waals surface area contributed by atoms with Gasteiger partial charge < -0.3 is 15.8 Å². The Hall–Kier alpha value is -1.35. The van der Waals surface area contributed by atoms with Gasteiger partial charge in [0.15, 0.2) is 0 Å². The fraction of sp³-hybridized carbons (Fsp3) is 0.231. The summed E-state index contributed by atoms with van der Waals surface area (Å²) in [6, 6.07) is 5.10. The van der Waals surface area contributed by atoms with E-state index in [4.69, 9.17) is 45.9 Å². The lowest BCUT2D eigenvalue weighted by molar-refractivity contribution is 0.346. The first-order valence-corrected chi connectivity index (χ1v) is 8.65. The normalized spacial score (nSPS) is 10.4. The second kappa shape index (κ2) is 8.49. The van der Waals surface area contributed by atoms with Crippen molar-refractivity contribution in [2.24, 2.45) is 0 Å². The second-order valence-electron chi connectivity index (χ2n) is 4.16. The van der Waals surface area contributed by atoms with E-state index in [0.717, 1.165) is 0 Å². The molecule has 0 unspecified atom stereocenters. The summed E-state index contributed by atoms with van der Waals surface area (Å²) in [4.78, 5) is 12.4. The van der Waals surface area contributed by atoms with Gasteiger partial charge >= 0.3 is 0 Å². The van der Waals surface area contributed by atoms with Gasteiger partial charge in [-0.1, -0.05) is 35.0 Å². The number of thioether (sulfide) groups is 1. The highest BCUT2D eigenvalue weighted by atomic mass is 35.5. The van der Waals surface area contributed by atoms with Gasteiger partial charge in [-0.25, -0.2) is 0 Å². The number of nitrogens with zero attached hydrogens (tertiary/aromatic N) is 3. The van der Waals surface area contributed by atoms with E-state index in [1.54, 1.807) is 18.2 Å². The van der Waals surface area contributed by atoms with Crippen LogP contribution in [-0.2, 0) is 10.5 Å². The number of rotatable bonds is 5. The molecule has 0 radical (unpaired) electrons. The standard InChI is InChI=1S/C13H13Cl2N5OS2/c1-2-21-13(22)23-6-10-18-11(16)20-12(19-10)17-7-3-4-8(14)9(15)5-7/h3-5H,2,6H2,1H3,(H3,16,17,18,19,20). The number of nitrogen functional groups attached to an aromatic ring is 1. The van der Waals surface area contributed by atoms with Crippen molar-refractivity contribution in [2.75, 3.05) is 17.7 Å². The molecule has 1 aromatic carbocycles. The maximum atomic E-state index is 5.98. The molecule has 0 amide bonds. The minimum atomic E-state index is 0.112. The van der Waals surface area contributed by atoms with Gasteiger partial charge in [-0.15, -0.1) is 0 Å². The van der Waals surface area contributed by atoms with E-state index in [1.807, 2.05) is 6.92 Å². The van der Waals surface area contributed by atoms with E-state index < -0.39 is 0 Å². The first-order chi connectivity index (χ1) is 11.0. The van der Waals surface area contributed by atoms with Crippen molar-refractivity contribution < 1.29 is 4.74 Å². The van der Waals surface area contributed by atoms with Gasteiger partial charge in [0.1, 0.15) is 5.82 Å². The van der Waals surface area contributed by atoms with Crippen LogP contribution in [0, 0.1) is 0 Å². The first kappa shape index (κ1) is 18.0. The summed E-state index contributed by atoms with van der Waals surface area (Å²) >= 11 is 18.2. The van der Waals surface area contributed by atoms with Crippen molar-refractivity contribution in [3.05, 3.63) is 34.1 Å². The molecule has 122 valence electrons. The van der Waals surface area contributed by atoms with Crippen LogP contribution >= 0.6 is 47.2 Å². The van der Waals surface area contributed by atoms with E-state index in [-0.39, 0.29) is 5.95 Å². The molecule has 0 aliphatic rings. The van der Waals surface area contributed by atoms with E-state index in [2.05, 4.69) is 20.3 Å². The summed E-state index contributed by atoms with van der Waals surface area (Å²) in [5.74, 6) is 1.35. The molecule has 0 aliphatic carbocycles. The highest BCUT2D eigenvalue weighted by Gasteiger charge is 2.08. The zero-order chi connectivity index (χ0) is 16.8. The van der Waals surface area contributed by atoms with Gasteiger partial charge in [0, 0.05) is 5.69 Å². The Morgan fingerprint density at radius 3 is 2.78 bits per heavy atom. The summed E-state index contributed by atoms with van der Waals surface area (Å²) in [6.07, 6.45) is 0. The number of nitrogens with one attached hydrogen (secondary N) is 1. The SMILES string of the molecule is CCOC(=S)SCc1nc(N)nc(Nc2ccc(Cl)c(Cl)c2)n1. The summed E-state index contributed by atoms with van der Waals surface area (Å²) in [5.41, 5.74) is 6.40. The predicted octanol–water partition coefficient (Wildman–Crippen LogP) is 4.06. The quantitative estimate of drug-likeness (QED) is 0.740. The molecule has 0 saturated carbocycles. The van der Waals surface area contributed by atoms with Crippen molar-refractivity contribution in [1.82, 2.24) is 15.0 Å². The molecule has 2 rings (SSSR count). The summed E-state index contributed by atoms with van der Waals surface area (Å²) in [7, 11) is 0. The molecule has 2 aromatic rings. The number of aromatic nitrogens is 3. The summed E-state index contributed by atoms with van der Waals surface area (Å²) in [6.45, 7) is 2.39. The van der Waals surface area contributed by atoms with Crippen molar-refractivity contribution in [2.45, 2.75) is 12.7 Å². The molecule has 3 N–H and O–H groups in total. The molecule has 0 aliphatic heterocycles. The Kier molecular flexibility index (Phi) is 6.64. The van der Waals surface area contributed by atoms with Crippen molar-refractivity contribution >= 4 is 69.1 Å². The van der Waals surface area contributed by atoms with Crippen LogP contribution in [0.5, 0.6) is 0 Å². The number of hydrogen-bond donors (Lipinski definition) is 2. The highest BCUT2D eigenvalue weighted by Crippen LogP contribution is 2.26. The number of hydrogen-bond acceptors (Lipinski definition) is 8. The Morgan fingerprint density at radius 1 is 1.30 bits per heavy atom. The second-order valence-corrected chi connectivity index (χ2v) is 6.55. The molecular formula is C13H13Cl2N5OS2. The largest absolute Gasteiger partial charge is 0.479 e. The average molecular weight is 390 g/mol. The third-order valence-corrected chi connectivity index (χ3v) is 4.42. The van der Waals surface area contributed by atoms with Crippen LogP contribution < -0.4 is 11.1 Å². The molecule has 0 atom stereocenters. The van der Waals surface area contributed by atoms with Gasteiger partial charge in [-0.3, -0.25) is 0 Å². The van der Waals surface area contributed by atoms with Crippen LogP contribution in [0.1, 0.15) is 12.7 Å². The molecule has 0 fully saturated rings. The fourth-order valence-electron chi connectivity index (χ4n) is 1.54. The van der Waals surface area contributed by atoms with Crippen LogP contribution in [0.15, 0.2) is 18.2 Å². The third-order valence-electron chi connectivity index (χ3n) is 2.46. The zero-order valence-electron chi connectivity index (χ0n) is 12.0. The monoisotopic (exact) mass is 389 g/mol. The Bertz CT molecular complexity index is 717. The Balaban J connectivity index is 2.10. The molecule has 0 bridgehead atoms. The van der Waals surface area contributed by atoms with Crippen LogP contribution in [0.2, 0.25) is 10.0 Å². The van der Waals surface area contributed by atoms with Gasteiger partial charge in [0.25, 0.3) is 0 Å². The van der Waals surface area contributed by atoms with Crippen LogP contribution in [0.3, 0.4) is 0 Å². The van der Waals surface area contributed by atoms with Gasteiger partial charge in [0.2, 0.25) is 16.3 Å². The number of anilines is 3. The topological polar surface area (TPSA) is 86.0 Å². The van der Waals surface area contributed by atoms with Crippen LogP contribution in [0.4, 0.5) is 17.6 Å². The lowest BCUT2D eigenvalue weighted by Crippen LogP contribution is -2.07. The Labute approximate surface area is 153 Å². The van der Waals surface area contributed by atoms with Crippen LogP contribution in [-0.4, -0.2) is 25.9 Å². The number of nitrogens with two attached hydrogens (primary N) is 1. The van der Waals surface area contributed by atoms with Crippen molar-refractivity contribution in [1.29, 1.82) is 0 Å². The molecule has 10 heteroatoms. The van der Waals surface area contributed by atoms with E-state index in [0.29, 0.717) is 44.2 Å². The number of halogens is 2. The Morgan fingerprint density at radius 2 is 2.09 bits per heavy atom. The van der Waals surface area contributed by atoms with Crippen molar-refractivity contribution in [3.63, 3.8) is 0 Å². The lowest BCUT2D eigenvalue weighted by atomic mass is 10.3. The number of thiocarbonyl (C=S) groups is 1. The summed E-state index contributed by atoms with van der Waals surface area (Å²) in [5, 5.41) is 3.90. The minimum Gasteiger partial charge on any atom is -0.479 e. The zero-order valence-corrected chi connectivity index (χ0v) is 15.2. The van der Waals surface area contributed by atoms with Crippen LogP contribution in [0.25, 0.3) is 0 Å². The molecule has 1 aromatic heterocycles. The molecule has 0 spiro atoms. The maximum Gasteiger partial charge on any atom is 0.232 e. The van der Waals surface area contributed by atoms with E-state index >= 15 is 0 Å². The fourth-order valence-corrected chi connectivity index (χ4v) is 2.71. The summed E-state index contributed by atoms with van der Waals surface area (Å²) < 4.78 is 5.63. The highest BCUT2D eigenvalue weighted by molar-refractivity contribution is 8.22. The molecular weight excluding hydrogens is 377 g/mol. The average Bonchev–Trinajstić information content (AvgIpc) is 2.49. The van der Waals surface area contributed by atoms with E-state index in [1.165, 1.54) is 11.8 Å². The molecule has 23 heavy (non-hydrogen) atoms. The third kappa shape index (κ3) is 5.65. The number of benzene rings is 1. The minimum absolute atomic E-state index is 0.112. The van der Waals surface area contributed by atoms with Crippen molar-refractivity contribution in [3.8, 4) is 0 Å². The van der Waals surface area contributed by atoms with E-state index in [9.17, 15) is 0 Å². The molecule has 0 saturated heterocycles. The van der Waals surface area contributed by atoms with Gasteiger partial charge in [0.05, 0.1) is 22.4 Å². The van der Waals surface area contributed by atoms with Gasteiger partial charge in [-0.05, 0) is 37.3 Å². The lowest BCUT2D eigenvalue weighted by Gasteiger charge is -2.08. The predicted molar refractivity (Wildman–Crippen MR) is 99.5 cm³/mol. The first-order valence-electron chi connectivity index (χ1n) is 6.50. The molecule has 1 heterocycles. The molecule has 6 nitrogen and oxygen atoms in total. The maximum absolute atomic E-state index is 5.98. The smallest absolute Gasteiger partial charge is 0.232 e.